The third kappa shape index (κ3) is 8.24. The van der Waals surface area contributed by atoms with Crippen molar-refractivity contribution in [3.05, 3.63) is 62.8 Å². The highest BCUT2D eigenvalue weighted by Crippen LogP contribution is 2.35. The van der Waals surface area contributed by atoms with Crippen LogP contribution in [-0.4, -0.2) is 50.5 Å². The van der Waals surface area contributed by atoms with Crippen LogP contribution in [0.2, 0.25) is 15.1 Å². The van der Waals surface area contributed by atoms with E-state index in [0.29, 0.717) is 12.1 Å². The van der Waals surface area contributed by atoms with Crippen molar-refractivity contribution in [2.75, 3.05) is 23.7 Å². The molecule has 0 aliphatic carbocycles. The number of carbonyl (C=O) groups is 2. The van der Waals surface area contributed by atoms with Crippen molar-refractivity contribution in [3.63, 3.8) is 0 Å². The van der Waals surface area contributed by atoms with Crippen molar-refractivity contribution in [2.45, 2.75) is 39.3 Å². The van der Waals surface area contributed by atoms with Crippen LogP contribution in [0.5, 0.6) is 0 Å². The largest absolute Gasteiger partial charge is 0.354 e. The van der Waals surface area contributed by atoms with Crippen molar-refractivity contribution < 1.29 is 22.4 Å². The van der Waals surface area contributed by atoms with E-state index in [2.05, 4.69) is 5.32 Å². The van der Waals surface area contributed by atoms with Crippen LogP contribution >= 0.6 is 34.8 Å². The van der Waals surface area contributed by atoms with Gasteiger partial charge < -0.3 is 10.2 Å². The third-order valence-corrected chi connectivity index (χ3v) is 7.35. The highest BCUT2D eigenvalue weighted by molar-refractivity contribution is 7.92. The Morgan fingerprint density at radius 3 is 2.23 bits per heavy atom. The lowest BCUT2D eigenvalue weighted by Gasteiger charge is -2.31. The Morgan fingerprint density at radius 1 is 1.06 bits per heavy atom. The summed E-state index contributed by atoms with van der Waals surface area (Å²) < 4.78 is 39.4. The molecule has 0 spiro atoms. The number of rotatable bonds is 11. The molecule has 7 nitrogen and oxygen atoms in total. The molecule has 35 heavy (non-hydrogen) atoms. The number of nitrogens with zero attached hydrogens (tertiary/aromatic N) is 2. The van der Waals surface area contributed by atoms with Crippen LogP contribution in [-0.2, 0) is 26.2 Å². The minimum absolute atomic E-state index is 0.0203. The molecule has 0 radical (unpaired) electrons. The van der Waals surface area contributed by atoms with Crippen molar-refractivity contribution in [3.8, 4) is 0 Å². The first-order valence-corrected chi connectivity index (χ1v) is 13.8. The van der Waals surface area contributed by atoms with E-state index >= 15 is 0 Å². The molecule has 2 rings (SSSR count). The first-order valence-electron chi connectivity index (χ1n) is 10.8. The summed E-state index contributed by atoms with van der Waals surface area (Å²) in [6.45, 7) is 3.26. The van der Waals surface area contributed by atoms with Crippen molar-refractivity contribution >= 4 is 62.3 Å². The summed E-state index contributed by atoms with van der Waals surface area (Å²) in [5.41, 5.74) is 0.533. The fourth-order valence-electron chi connectivity index (χ4n) is 3.20. The quantitative estimate of drug-likeness (QED) is 0.310. The number of sulfonamides is 1. The molecule has 0 aliphatic rings. The van der Waals surface area contributed by atoms with Gasteiger partial charge in [-0.2, -0.15) is 0 Å². The smallest absolute Gasteiger partial charge is 0.244 e. The topological polar surface area (TPSA) is 86.8 Å². The molecule has 1 unspecified atom stereocenters. The minimum atomic E-state index is -3.99. The van der Waals surface area contributed by atoms with E-state index in [4.69, 9.17) is 34.8 Å². The Balaban J connectivity index is 2.41. The normalized spacial score (nSPS) is 12.2. The molecule has 12 heteroatoms. The van der Waals surface area contributed by atoms with Gasteiger partial charge in [0.1, 0.15) is 18.4 Å². The molecule has 0 bridgehead atoms. The Kier molecular flexibility index (Phi) is 10.6. The van der Waals surface area contributed by atoms with E-state index in [-0.39, 0.29) is 27.3 Å². The lowest BCUT2D eigenvalue weighted by Crippen LogP contribution is -2.51. The van der Waals surface area contributed by atoms with Crippen molar-refractivity contribution in [1.29, 1.82) is 0 Å². The fourth-order valence-corrected chi connectivity index (χ4v) is 4.75. The Hall–Kier alpha value is -2.07. The van der Waals surface area contributed by atoms with Gasteiger partial charge in [0.15, 0.2) is 0 Å². The van der Waals surface area contributed by atoms with Crippen molar-refractivity contribution in [1.82, 2.24) is 10.2 Å². The Labute approximate surface area is 220 Å². The second-order valence-electron chi connectivity index (χ2n) is 7.96. The third-order valence-electron chi connectivity index (χ3n) is 5.20. The Morgan fingerprint density at radius 2 is 1.66 bits per heavy atom. The molecule has 1 N–H and O–H groups in total. The SMILES string of the molecule is CCCCNC(=O)C(C)N(Cc1ccc(F)cc1)C(=O)CN(c1cc(Cl)c(Cl)cc1Cl)S(C)(=O)=O. The van der Waals surface area contributed by atoms with Gasteiger partial charge in [-0.05, 0) is 43.2 Å². The van der Waals surface area contributed by atoms with Crippen LogP contribution in [0.4, 0.5) is 10.1 Å². The summed E-state index contributed by atoms with van der Waals surface area (Å²) in [5.74, 6) is -1.51. The Bertz CT molecular complexity index is 1160. The molecule has 0 heterocycles. The molecular formula is C23H27Cl3FN3O4S. The lowest BCUT2D eigenvalue weighted by molar-refractivity contribution is -0.139. The first-order chi connectivity index (χ1) is 16.3. The molecule has 2 amide bonds. The number of carbonyl (C=O) groups excluding carboxylic acids is 2. The number of benzene rings is 2. The molecule has 2 aromatic rings. The van der Waals surface area contributed by atoms with Crippen LogP contribution in [0.3, 0.4) is 0 Å². The van der Waals surface area contributed by atoms with Gasteiger partial charge in [0.25, 0.3) is 0 Å². The number of nitrogens with one attached hydrogen (secondary N) is 1. The van der Waals surface area contributed by atoms with E-state index in [1.807, 2.05) is 6.92 Å². The van der Waals surface area contributed by atoms with Crippen molar-refractivity contribution in [2.24, 2.45) is 0 Å². The highest BCUT2D eigenvalue weighted by atomic mass is 35.5. The number of halogens is 4. The number of amides is 2. The fraction of sp³-hybridized carbons (Fsp3) is 0.391. The summed E-state index contributed by atoms with van der Waals surface area (Å²) in [6.07, 6.45) is 2.56. The monoisotopic (exact) mass is 565 g/mol. The molecule has 0 fully saturated rings. The van der Waals surface area contributed by atoms with E-state index in [1.54, 1.807) is 6.92 Å². The summed E-state index contributed by atoms with van der Waals surface area (Å²) in [7, 11) is -3.99. The maximum atomic E-state index is 13.4. The zero-order valence-electron chi connectivity index (χ0n) is 19.5. The zero-order chi connectivity index (χ0) is 26.3. The molecule has 0 saturated carbocycles. The summed E-state index contributed by atoms with van der Waals surface area (Å²) in [4.78, 5) is 27.4. The lowest BCUT2D eigenvalue weighted by atomic mass is 10.1. The number of hydrogen-bond acceptors (Lipinski definition) is 4. The molecular weight excluding hydrogens is 540 g/mol. The maximum absolute atomic E-state index is 13.4. The van der Waals surface area contributed by atoms with Crippen LogP contribution in [0.1, 0.15) is 32.3 Å². The molecule has 0 aromatic heterocycles. The predicted octanol–water partition coefficient (Wildman–Crippen LogP) is 4.89. The van der Waals surface area contributed by atoms with E-state index in [9.17, 15) is 22.4 Å². The standard InChI is InChI=1S/C23H27Cl3FN3O4S/c1-4-5-10-28-23(32)15(2)29(13-16-6-8-17(27)9-7-16)22(31)14-30(35(3,33)34)21-12-19(25)18(24)11-20(21)26/h6-9,11-12,15H,4-5,10,13-14H2,1-3H3,(H,28,32). The molecule has 0 aliphatic heterocycles. The molecule has 192 valence electrons. The van der Waals surface area contributed by atoms with Gasteiger partial charge in [-0.1, -0.05) is 60.3 Å². The number of anilines is 1. The highest BCUT2D eigenvalue weighted by Gasteiger charge is 2.31. The number of hydrogen-bond donors (Lipinski definition) is 1. The average Bonchev–Trinajstić information content (AvgIpc) is 2.78. The predicted molar refractivity (Wildman–Crippen MR) is 138 cm³/mol. The second-order valence-corrected chi connectivity index (χ2v) is 11.1. The van der Waals surface area contributed by atoms with Crippen LogP contribution in [0.15, 0.2) is 36.4 Å². The van der Waals surface area contributed by atoms with Gasteiger partial charge in [0.2, 0.25) is 21.8 Å². The summed E-state index contributed by atoms with van der Waals surface area (Å²) >= 11 is 18.2. The van der Waals surface area contributed by atoms with E-state index in [0.717, 1.165) is 23.4 Å². The first kappa shape index (κ1) is 29.2. The van der Waals surface area contributed by atoms with E-state index in [1.165, 1.54) is 41.3 Å². The van der Waals surface area contributed by atoms with E-state index < -0.39 is 40.2 Å². The van der Waals surface area contributed by atoms with Gasteiger partial charge in [-0.3, -0.25) is 13.9 Å². The molecule has 1 atom stereocenters. The average molecular weight is 567 g/mol. The van der Waals surface area contributed by atoms with Gasteiger partial charge in [-0.25, -0.2) is 12.8 Å². The number of unbranched alkanes of at least 4 members (excludes halogenated alkanes) is 1. The summed E-state index contributed by atoms with van der Waals surface area (Å²) in [6, 6.07) is 7.05. The zero-order valence-corrected chi connectivity index (χ0v) is 22.6. The van der Waals surface area contributed by atoms with Crippen LogP contribution in [0.25, 0.3) is 0 Å². The van der Waals surface area contributed by atoms with Gasteiger partial charge in [0, 0.05) is 13.1 Å². The van der Waals surface area contributed by atoms with Gasteiger partial charge >= 0.3 is 0 Å². The maximum Gasteiger partial charge on any atom is 0.244 e. The van der Waals surface area contributed by atoms with Gasteiger partial charge in [-0.15, -0.1) is 0 Å². The van der Waals surface area contributed by atoms with Gasteiger partial charge in [0.05, 0.1) is 27.0 Å². The summed E-state index contributed by atoms with van der Waals surface area (Å²) in [5, 5.41) is 2.93. The van der Waals surface area contributed by atoms with Crippen LogP contribution < -0.4 is 9.62 Å². The van der Waals surface area contributed by atoms with Crippen LogP contribution in [0, 0.1) is 5.82 Å². The second kappa shape index (κ2) is 12.8. The molecule has 0 saturated heterocycles. The minimum Gasteiger partial charge on any atom is -0.354 e. The molecule has 2 aromatic carbocycles.